The van der Waals surface area contributed by atoms with Crippen LogP contribution < -0.4 is 9.80 Å². The van der Waals surface area contributed by atoms with Crippen molar-refractivity contribution in [1.29, 1.82) is 0 Å². The minimum absolute atomic E-state index is 0.0178. The predicted molar refractivity (Wildman–Crippen MR) is 326 cm³/mol. The highest BCUT2D eigenvalue weighted by molar-refractivity contribution is 7.17. The number of anilines is 6. The summed E-state index contributed by atoms with van der Waals surface area (Å²) in [5.74, 6) is 0. The normalized spacial score (nSPS) is 12.7. The average Bonchev–Trinajstić information content (AvgIpc) is 3.79. The van der Waals surface area contributed by atoms with Gasteiger partial charge in [-0.2, -0.15) is 0 Å². The molecule has 0 aliphatic carbocycles. The molecule has 0 unspecified atom stereocenters. The van der Waals surface area contributed by atoms with Crippen molar-refractivity contribution in [3.8, 4) is 22.3 Å². The number of nitrogens with zero attached hydrogens (tertiary/aromatic N) is 2. The van der Waals surface area contributed by atoms with Gasteiger partial charge in [0.2, 0.25) is 0 Å². The number of hydrogen-bond acceptors (Lipinski definition) is 3. The van der Waals surface area contributed by atoms with Crippen LogP contribution in [0.15, 0.2) is 187 Å². The zero-order valence-corrected chi connectivity index (χ0v) is 46.7. The van der Waals surface area contributed by atoms with Gasteiger partial charge in [0.25, 0.3) is 0 Å². The van der Waals surface area contributed by atoms with E-state index in [1.165, 1.54) is 70.2 Å². The van der Waals surface area contributed by atoms with Crippen LogP contribution >= 0.6 is 22.9 Å². The maximum absolute atomic E-state index is 8.41. The van der Waals surface area contributed by atoms with Crippen molar-refractivity contribution in [2.75, 3.05) is 9.80 Å². The fourth-order valence-electron chi connectivity index (χ4n) is 10.8. The number of halogens is 1. The molecule has 11 rings (SSSR count). The molecule has 0 saturated carbocycles. The van der Waals surface area contributed by atoms with E-state index < -0.39 is 0 Å². The topological polar surface area (TPSA) is 6.48 Å². The van der Waals surface area contributed by atoms with E-state index in [9.17, 15) is 0 Å². The summed E-state index contributed by atoms with van der Waals surface area (Å²) in [7, 11) is 0. The summed E-state index contributed by atoms with van der Waals surface area (Å²) in [6.45, 7) is 27.5. The second kappa shape index (κ2) is 18.2. The van der Waals surface area contributed by atoms with Gasteiger partial charge in [-0.3, -0.25) is 0 Å². The third-order valence-electron chi connectivity index (χ3n) is 15.2. The zero-order valence-electron chi connectivity index (χ0n) is 45.1. The first kappa shape index (κ1) is 49.3. The fraction of sp³-hybridized carbons (Fsp3) is 0.229. The fourth-order valence-corrected chi connectivity index (χ4v) is 12.0. The highest BCUT2D eigenvalue weighted by atomic mass is 35.5. The van der Waals surface area contributed by atoms with Gasteiger partial charge in [0, 0.05) is 32.4 Å². The van der Waals surface area contributed by atoms with Crippen LogP contribution in [0.3, 0.4) is 0 Å². The van der Waals surface area contributed by atoms with Crippen LogP contribution in [0.1, 0.15) is 105 Å². The Morgan fingerprint density at radius 1 is 0.351 bits per heavy atom. The molecule has 0 spiro atoms. The van der Waals surface area contributed by atoms with Crippen LogP contribution in [-0.2, 0) is 21.7 Å². The first-order valence-electron chi connectivity index (χ1n) is 26.2. The largest absolute Gasteiger partial charge is 0.308 e. The van der Waals surface area contributed by atoms with Crippen molar-refractivity contribution in [2.24, 2.45) is 0 Å². The van der Waals surface area contributed by atoms with Crippen LogP contribution in [0.2, 0.25) is 5.02 Å². The first-order valence-corrected chi connectivity index (χ1v) is 27.4. The van der Waals surface area contributed by atoms with Gasteiger partial charge in [-0.25, -0.2) is 0 Å². The van der Waals surface area contributed by atoms with E-state index in [2.05, 4.69) is 280 Å². The summed E-state index contributed by atoms with van der Waals surface area (Å²) in [4.78, 5) is 4.86. The molecule has 0 N–H and O–H groups in total. The van der Waals surface area contributed by atoms with E-state index in [0.29, 0.717) is 5.02 Å². The Bertz CT molecular complexity index is 3860. The summed E-state index contributed by atoms with van der Waals surface area (Å²) in [6.07, 6.45) is 0. The molecule has 1 aromatic heterocycles. The minimum atomic E-state index is -0.118. The van der Waals surface area contributed by atoms with Crippen molar-refractivity contribution in [2.45, 2.75) is 105 Å². The quantitative estimate of drug-likeness (QED) is 0.140. The molecule has 0 bridgehead atoms. The SMILES string of the molecule is CC(C)(C)c1ccc(N(c2ccc(C(C)(C)C)cc2-c2ccc3ccc4cccc5ccc2c3c45)c2cc(-c3ccccc3)cc(N(c3ccc(C(C)(C)C)cc3)c3csc4ccc(C(C)(C)C)cc34)c2Cl)cc1. The van der Waals surface area contributed by atoms with Gasteiger partial charge < -0.3 is 9.80 Å². The molecule has 0 aliphatic rings. The summed E-state index contributed by atoms with van der Waals surface area (Å²) in [5, 5.41) is 11.8. The lowest BCUT2D eigenvalue weighted by Gasteiger charge is -2.34. The van der Waals surface area contributed by atoms with Crippen LogP contribution in [0.25, 0.3) is 64.7 Å². The average molecular weight is 1000 g/mol. The van der Waals surface area contributed by atoms with Crippen LogP contribution in [0, 0.1) is 0 Å². The predicted octanol–water partition coefficient (Wildman–Crippen LogP) is 21.9. The Labute approximate surface area is 448 Å². The Hall–Kier alpha value is -6.91. The summed E-state index contributed by atoms with van der Waals surface area (Å²) in [5.41, 5.74) is 15.4. The molecule has 11 aromatic rings. The third kappa shape index (κ3) is 8.92. The molecule has 4 heteroatoms. The van der Waals surface area contributed by atoms with Crippen molar-refractivity contribution in [3.63, 3.8) is 0 Å². The van der Waals surface area contributed by atoms with E-state index >= 15 is 0 Å². The minimum Gasteiger partial charge on any atom is -0.308 e. The van der Waals surface area contributed by atoms with Gasteiger partial charge >= 0.3 is 0 Å². The summed E-state index contributed by atoms with van der Waals surface area (Å²) >= 11 is 10.2. The van der Waals surface area contributed by atoms with Gasteiger partial charge in [0.1, 0.15) is 0 Å². The van der Waals surface area contributed by atoms with E-state index in [0.717, 1.165) is 50.8 Å². The number of thiophene rings is 1. The number of fused-ring (bicyclic) bond motifs is 1. The highest BCUT2D eigenvalue weighted by Crippen LogP contribution is 2.54. The maximum atomic E-state index is 8.41. The molecular formula is C70H67ClN2S. The Morgan fingerprint density at radius 2 is 0.838 bits per heavy atom. The molecule has 10 aromatic carbocycles. The zero-order chi connectivity index (χ0) is 52.1. The molecule has 0 fully saturated rings. The smallest absolute Gasteiger partial charge is 0.0887 e. The Morgan fingerprint density at radius 3 is 1.41 bits per heavy atom. The van der Waals surface area contributed by atoms with E-state index in [1.54, 1.807) is 11.3 Å². The number of rotatable bonds is 8. The van der Waals surface area contributed by atoms with E-state index in [4.69, 9.17) is 11.6 Å². The van der Waals surface area contributed by atoms with Crippen molar-refractivity contribution in [1.82, 2.24) is 0 Å². The standard InChI is InChI=1S/C70H67ClN2S/c1-67(2,3)49-25-31-53(32-26-49)72(59-37-29-51(69(7,8)9)41-57(59)55-35-23-47-22-21-45-19-16-20-46-24-36-56(55)65(47)64(45)46)60-39-48(44-17-14-13-15-18-44)40-61(66(60)71)73(54-33-27-50(28-34-54)68(4,5)6)62-43-74-63-38-30-52(42-58(62)63)70(10,11)12/h13-43H,1-12H3. The molecule has 1 heterocycles. The van der Waals surface area contributed by atoms with Crippen molar-refractivity contribution in [3.05, 3.63) is 215 Å². The summed E-state index contributed by atoms with van der Waals surface area (Å²) in [6, 6.07) is 68.3. The molecule has 2 nitrogen and oxygen atoms in total. The molecule has 370 valence electrons. The van der Waals surface area contributed by atoms with Gasteiger partial charge in [0.05, 0.1) is 27.8 Å². The van der Waals surface area contributed by atoms with E-state index in [1.807, 2.05) is 0 Å². The Kier molecular flexibility index (Phi) is 12.1. The van der Waals surface area contributed by atoms with Crippen LogP contribution in [-0.4, -0.2) is 0 Å². The summed E-state index contributed by atoms with van der Waals surface area (Å²) < 4.78 is 1.23. The van der Waals surface area contributed by atoms with Gasteiger partial charge in [-0.1, -0.05) is 216 Å². The lowest BCUT2D eigenvalue weighted by Crippen LogP contribution is -2.17. The van der Waals surface area contributed by atoms with Gasteiger partial charge in [-0.05, 0) is 154 Å². The maximum Gasteiger partial charge on any atom is 0.0887 e. The molecule has 74 heavy (non-hydrogen) atoms. The van der Waals surface area contributed by atoms with Crippen LogP contribution in [0.4, 0.5) is 34.1 Å². The van der Waals surface area contributed by atoms with Crippen LogP contribution in [0.5, 0.6) is 0 Å². The van der Waals surface area contributed by atoms with Gasteiger partial charge in [0.15, 0.2) is 0 Å². The van der Waals surface area contributed by atoms with Gasteiger partial charge in [-0.15, -0.1) is 11.3 Å². The second-order valence-corrected chi connectivity index (χ2v) is 25.8. The van der Waals surface area contributed by atoms with Crippen molar-refractivity contribution >= 4 is 99.5 Å². The lowest BCUT2D eigenvalue weighted by atomic mass is 9.83. The Balaban J connectivity index is 1.25. The lowest BCUT2D eigenvalue weighted by molar-refractivity contribution is 0.590. The molecule has 0 saturated heterocycles. The third-order valence-corrected chi connectivity index (χ3v) is 16.5. The van der Waals surface area contributed by atoms with E-state index in [-0.39, 0.29) is 21.7 Å². The molecule has 0 atom stereocenters. The monoisotopic (exact) mass is 1000 g/mol. The molecule has 0 amide bonds. The highest BCUT2D eigenvalue weighted by Gasteiger charge is 2.30. The van der Waals surface area contributed by atoms with Crippen molar-refractivity contribution < 1.29 is 0 Å². The molecule has 0 aliphatic heterocycles. The second-order valence-electron chi connectivity index (χ2n) is 24.5. The first-order chi connectivity index (χ1) is 35.1. The number of benzene rings is 10. The molecular weight excluding hydrogens is 936 g/mol. The number of hydrogen-bond donors (Lipinski definition) is 0. The molecule has 0 radical (unpaired) electrons.